The van der Waals surface area contributed by atoms with Gasteiger partial charge in [0.2, 0.25) is 0 Å². The van der Waals surface area contributed by atoms with Gasteiger partial charge in [0.1, 0.15) is 23.7 Å². The number of carbonyl (C=O) groups excluding carboxylic acids is 1. The van der Waals surface area contributed by atoms with Crippen LogP contribution in [-0.4, -0.2) is 46.4 Å². The second kappa shape index (κ2) is 8.90. The van der Waals surface area contributed by atoms with Crippen LogP contribution in [0.25, 0.3) is 10.9 Å². The molecule has 6 nitrogen and oxygen atoms in total. The molecule has 33 heavy (non-hydrogen) atoms. The number of nitrogens with one attached hydrogen (secondary N) is 1. The van der Waals surface area contributed by atoms with E-state index in [0.717, 1.165) is 35.3 Å². The first-order valence-corrected chi connectivity index (χ1v) is 11.3. The minimum Gasteiger partial charge on any atom is -0.496 e. The molecular weight excluding hydrogens is 419 g/mol. The number of hydrogen-bond donors (Lipinski definition) is 1. The van der Waals surface area contributed by atoms with Crippen molar-refractivity contribution in [3.05, 3.63) is 65.8 Å². The van der Waals surface area contributed by atoms with Gasteiger partial charge >= 0.3 is 0 Å². The lowest BCUT2D eigenvalue weighted by Crippen LogP contribution is -2.07. The first kappa shape index (κ1) is 21.5. The summed E-state index contributed by atoms with van der Waals surface area (Å²) in [5.41, 5.74) is 2.74. The third-order valence-electron chi connectivity index (χ3n) is 6.65. The molecule has 1 aromatic heterocycles. The molecule has 0 amide bonds. The number of nitrogens with zero attached hydrogens (tertiary/aromatic N) is 3. The highest BCUT2D eigenvalue weighted by Gasteiger charge is 2.49. The molecule has 0 bridgehead atoms. The summed E-state index contributed by atoms with van der Waals surface area (Å²) in [6, 6.07) is 10.0. The zero-order valence-electron chi connectivity index (χ0n) is 18.8. The van der Waals surface area contributed by atoms with Crippen molar-refractivity contribution >= 4 is 28.2 Å². The Morgan fingerprint density at radius 3 is 2.82 bits per heavy atom. The molecule has 1 N–H and O–H groups in total. The quantitative estimate of drug-likeness (QED) is 0.398. The largest absolute Gasteiger partial charge is 0.496 e. The van der Waals surface area contributed by atoms with Gasteiger partial charge in [-0.25, -0.2) is 14.4 Å². The van der Waals surface area contributed by atoms with Gasteiger partial charge in [0.25, 0.3) is 0 Å². The summed E-state index contributed by atoms with van der Waals surface area (Å²) in [6.45, 7) is 2.56. The van der Waals surface area contributed by atoms with E-state index in [1.807, 2.05) is 18.2 Å². The van der Waals surface area contributed by atoms with E-state index in [9.17, 15) is 9.18 Å². The number of carbonyl (C=O) groups is 1. The predicted octanol–water partition coefficient (Wildman–Crippen LogP) is 4.73. The fraction of sp³-hybridized carbons (Fsp3) is 0.346. The van der Waals surface area contributed by atoms with Gasteiger partial charge in [0.05, 0.1) is 12.6 Å². The second-order valence-corrected chi connectivity index (χ2v) is 8.80. The molecule has 1 aliphatic carbocycles. The zero-order valence-corrected chi connectivity index (χ0v) is 18.8. The Morgan fingerprint density at radius 1 is 1.24 bits per heavy atom. The molecule has 2 aromatic carbocycles. The van der Waals surface area contributed by atoms with Gasteiger partial charge in [0, 0.05) is 47.8 Å². The number of halogens is 1. The molecule has 1 saturated heterocycles. The van der Waals surface area contributed by atoms with E-state index in [1.54, 1.807) is 32.2 Å². The minimum absolute atomic E-state index is 0.0279. The van der Waals surface area contributed by atoms with Gasteiger partial charge in [-0.2, -0.15) is 0 Å². The van der Waals surface area contributed by atoms with Crippen LogP contribution >= 0.6 is 0 Å². The highest BCUT2D eigenvalue weighted by Crippen LogP contribution is 2.41. The summed E-state index contributed by atoms with van der Waals surface area (Å²) in [7, 11) is 1.59. The number of ether oxygens (including phenoxy) is 1. The van der Waals surface area contributed by atoms with Crippen LogP contribution in [0.4, 0.5) is 15.9 Å². The average molecular weight is 447 g/mol. The molecular formula is C26H27FN4O2. The number of likely N-dealkylation sites (tertiary alicyclic amines) is 1. The second-order valence-electron chi connectivity index (χ2n) is 8.80. The standard InChI is InChI=1S/C26H27FN4O2/c1-16-11-18(8-9-21(16)27)30-26-20-13-17(25(33-2)14-22(20)28-15-29-26)12-19(32)5-4-10-31-23-6-3-7-24(23)31/h4-5,8-9,11,13-15,23-24H,3,6-7,10,12H2,1-2H3,(H,28,29,30)/b5-4+. The molecule has 2 aliphatic rings. The average Bonchev–Trinajstić information content (AvgIpc) is 3.22. The molecule has 0 spiro atoms. The Labute approximate surface area is 192 Å². The molecule has 2 unspecified atom stereocenters. The van der Waals surface area contributed by atoms with Crippen molar-refractivity contribution in [2.75, 3.05) is 19.0 Å². The molecule has 3 aromatic rings. The number of fused-ring (bicyclic) bond motifs is 2. The van der Waals surface area contributed by atoms with Gasteiger partial charge in [0.15, 0.2) is 5.78 Å². The lowest BCUT2D eigenvalue weighted by molar-refractivity contribution is -0.114. The maximum absolute atomic E-state index is 13.6. The topological polar surface area (TPSA) is 67.1 Å². The lowest BCUT2D eigenvalue weighted by Gasteiger charge is -2.13. The van der Waals surface area contributed by atoms with Gasteiger partial charge in [-0.15, -0.1) is 0 Å². The van der Waals surface area contributed by atoms with Crippen LogP contribution in [0.1, 0.15) is 30.4 Å². The van der Waals surface area contributed by atoms with Crippen LogP contribution < -0.4 is 10.1 Å². The van der Waals surface area contributed by atoms with Crippen LogP contribution in [-0.2, 0) is 11.2 Å². The number of benzene rings is 2. The molecule has 170 valence electrons. The van der Waals surface area contributed by atoms with E-state index in [-0.39, 0.29) is 18.0 Å². The Balaban J connectivity index is 1.35. The molecule has 5 rings (SSSR count). The monoisotopic (exact) mass is 446 g/mol. The van der Waals surface area contributed by atoms with E-state index >= 15 is 0 Å². The molecule has 0 radical (unpaired) electrons. The van der Waals surface area contributed by atoms with Gasteiger partial charge in [-0.05, 0) is 55.7 Å². The Bertz CT molecular complexity index is 1230. The van der Waals surface area contributed by atoms with Crippen LogP contribution in [0.3, 0.4) is 0 Å². The highest BCUT2D eigenvalue weighted by atomic mass is 19.1. The number of ketones is 1. The van der Waals surface area contributed by atoms with Gasteiger partial charge in [-0.1, -0.05) is 12.5 Å². The van der Waals surface area contributed by atoms with Crippen molar-refractivity contribution in [3.8, 4) is 5.75 Å². The van der Waals surface area contributed by atoms with Gasteiger partial charge in [-0.3, -0.25) is 9.69 Å². The van der Waals surface area contributed by atoms with Crippen molar-refractivity contribution in [1.82, 2.24) is 14.9 Å². The summed E-state index contributed by atoms with van der Waals surface area (Å²) < 4.78 is 19.2. The number of methoxy groups -OCH3 is 1. The van der Waals surface area contributed by atoms with Crippen LogP contribution in [0.15, 0.2) is 48.8 Å². The minimum atomic E-state index is -0.256. The Morgan fingerprint density at radius 2 is 2.06 bits per heavy atom. The van der Waals surface area contributed by atoms with Gasteiger partial charge < -0.3 is 10.1 Å². The third-order valence-corrected chi connectivity index (χ3v) is 6.65. The van der Waals surface area contributed by atoms with Crippen molar-refractivity contribution in [2.24, 2.45) is 0 Å². The summed E-state index contributed by atoms with van der Waals surface area (Å²) in [6.07, 6.45) is 9.26. The maximum atomic E-state index is 13.6. The van der Waals surface area contributed by atoms with Crippen molar-refractivity contribution in [1.29, 1.82) is 0 Å². The normalized spacial score (nSPS) is 21.4. The van der Waals surface area contributed by atoms with Crippen LogP contribution in [0.5, 0.6) is 5.75 Å². The van der Waals surface area contributed by atoms with Crippen LogP contribution in [0.2, 0.25) is 0 Å². The smallest absolute Gasteiger partial charge is 0.159 e. The maximum Gasteiger partial charge on any atom is 0.159 e. The Hall–Kier alpha value is -3.32. The first-order chi connectivity index (χ1) is 16.0. The lowest BCUT2D eigenvalue weighted by atomic mass is 10.0. The number of rotatable bonds is 8. The number of piperidine rings is 1. The predicted molar refractivity (Wildman–Crippen MR) is 126 cm³/mol. The zero-order chi connectivity index (χ0) is 22.9. The molecule has 1 aliphatic heterocycles. The van der Waals surface area contributed by atoms with E-state index < -0.39 is 0 Å². The fourth-order valence-corrected chi connectivity index (χ4v) is 4.88. The first-order valence-electron chi connectivity index (χ1n) is 11.3. The van der Waals surface area contributed by atoms with E-state index in [4.69, 9.17) is 4.74 Å². The molecule has 2 atom stereocenters. The number of hydrogen-bond acceptors (Lipinski definition) is 6. The molecule has 2 fully saturated rings. The summed E-state index contributed by atoms with van der Waals surface area (Å²) >= 11 is 0. The molecule has 1 saturated carbocycles. The van der Waals surface area contributed by atoms with E-state index in [1.165, 1.54) is 31.7 Å². The fourth-order valence-electron chi connectivity index (χ4n) is 4.88. The number of aromatic nitrogens is 2. The summed E-state index contributed by atoms with van der Waals surface area (Å²) in [4.78, 5) is 23.8. The summed E-state index contributed by atoms with van der Waals surface area (Å²) in [5, 5.41) is 4.01. The van der Waals surface area contributed by atoms with Crippen molar-refractivity contribution < 1.29 is 13.9 Å². The molecule has 2 heterocycles. The van der Waals surface area contributed by atoms with E-state index in [0.29, 0.717) is 22.6 Å². The Kier molecular flexibility index (Phi) is 5.81. The van der Waals surface area contributed by atoms with Crippen LogP contribution in [0, 0.1) is 12.7 Å². The highest BCUT2D eigenvalue weighted by molar-refractivity contribution is 5.96. The SMILES string of the molecule is COc1cc2ncnc(Nc3ccc(F)c(C)c3)c2cc1CC(=O)/C=C/CN1C2CCCC21. The van der Waals surface area contributed by atoms with E-state index in [2.05, 4.69) is 20.2 Å². The van der Waals surface area contributed by atoms with Crippen molar-refractivity contribution in [3.63, 3.8) is 0 Å². The third kappa shape index (κ3) is 4.46. The van der Waals surface area contributed by atoms with Crippen molar-refractivity contribution in [2.45, 2.75) is 44.7 Å². The number of aryl methyl sites for hydroxylation is 1. The number of anilines is 2. The summed E-state index contributed by atoms with van der Waals surface area (Å²) in [5.74, 6) is 0.978. The number of allylic oxidation sites excluding steroid dienone is 1. The molecule has 7 heteroatoms.